The standard InChI is InChI=1S/C23H28Cl3FO2/c1-15(11-24)13-29-22-20(25)9-18(10-21(22)26)23(3,4)17-5-7-19(8-6-17)28-14-16(2)12-27/h5-10,15-16H,11-14H2,1-4H3/t15-,16-/m0/s1. The van der Waals surface area contributed by atoms with Crippen molar-refractivity contribution < 1.29 is 13.9 Å². The van der Waals surface area contributed by atoms with Crippen molar-refractivity contribution in [1.82, 2.24) is 0 Å². The first-order valence-corrected chi connectivity index (χ1v) is 11.0. The van der Waals surface area contributed by atoms with E-state index in [0.717, 1.165) is 16.9 Å². The third kappa shape index (κ3) is 6.41. The highest BCUT2D eigenvalue weighted by Crippen LogP contribution is 2.40. The van der Waals surface area contributed by atoms with Gasteiger partial charge in [-0.2, -0.15) is 0 Å². The lowest BCUT2D eigenvalue weighted by Crippen LogP contribution is -2.19. The number of hydrogen-bond donors (Lipinski definition) is 0. The van der Waals surface area contributed by atoms with Gasteiger partial charge >= 0.3 is 0 Å². The summed E-state index contributed by atoms with van der Waals surface area (Å²) in [4.78, 5) is 0. The highest BCUT2D eigenvalue weighted by Gasteiger charge is 2.26. The quantitative estimate of drug-likeness (QED) is 0.340. The molecular weight excluding hydrogens is 434 g/mol. The van der Waals surface area contributed by atoms with Crippen LogP contribution in [0.15, 0.2) is 36.4 Å². The van der Waals surface area contributed by atoms with Crippen LogP contribution in [-0.2, 0) is 5.41 Å². The molecule has 2 rings (SSSR count). The van der Waals surface area contributed by atoms with E-state index in [1.807, 2.05) is 50.2 Å². The minimum absolute atomic E-state index is 0.122. The minimum Gasteiger partial charge on any atom is -0.493 e. The predicted octanol–water partition coefficient (Wildman–Crippen LogP) is 7.56. The molecule has 6 heteroatoms. The first kappa shape index (κ1) is 24.1. The molecule has 2 atom stereocenters. The molecule has 29 heavy (non-hydrogen) atoms. The van der Waals surface area contributed by atoms with Crippen molar-refractivity contribution in [1.29, 1.82) is 0 Å². The van der Waals surface area contributed by atoms with Crippen molar-refractivity contribution in [3.05, 3.63) is 57.6 Å². The zero-order chi connectivity index (χ0) is 21.6. The lowest BCUT2D eigenvalue weighted by atomic mass is 9.78. The Morgan fingerprint density at radius 2 is 1.45 bits per heavy atom. The Kier molecular flexibility index (Phi) is 8.93. The number of rotatable bonds is 10. The molecule has 0 spiro atoms. The van der Waals surface area contributed by atoms with Gasteiger partial charge in [0.25, 0.3) is 0 Å². The molecule has 0 fully saturated rings. The monoisotopic (exact) mass is 460 g/mol. The van der Waals surface area contributed by atoms with Crippen molar-refractivity contribution in [2.24, 2.45) is 11.8 Å². The highest BCUT2D eigenvalue weighted by atomic mass is 35.5. The molecule has 0 aliphatic rings. The van der Waals surface area contributed by atoms with Gasteiger partial charge in [0.1, 0.15) is 5.75 Å². The van der Waals surface area contributed by atoms with Crippen molar-refractivity contribution in [3.8, 4) is 11.5 Å². The summed E-state index contributed by atoms with van der Waals surface area (Å²) in [7, 11) is 0. The van der Waals surface area contributed by atoms with Gasteiger partial charge in [-0.25, -0.2) is 0 Å². The topological polar surface area (TPSA) is 18.5 Å². The summed E-state index contributed by atoms with van der Waals surface area (Å²) in [6.45, 7) is 8.43. The Hall–Kier alpha value is -1.16. The van der Waals surface area contributed by atoms with Crippen LogP contribution in [0, 0.1) is 11.8 Å². The van der Waals surface area contributed by atoms with Crippen LogP contribution in [-0.4, -0.2) is 25.8 Å². The van der Waals surface area contributed by atoms with Crippen molar-refractivity contribution in [2.75, 3.05) is 25.8 Å². The van der Waals surface area contributed by atoms with E-state index in [1.165, 1.54) is 0 Å². The van der Waals surface area contributed by atoms with E-state index in [9.17, 15) is 4.39 Å². The van der Waals surface area contributed by atoms with E-state index in [-0.39, 0.29) is 17.3 Å². The van der Waals surface area contributed by atoms with E-state index in [2.05, 4.69) is 13.8 Å². The maximum atomic E-state index is 12.6. The molecule has 2 nitrogen and oxygen atoms in total. The van der Waals surface area contributed by atoms with Gasteiger partial charge in [0.2, 0.25) is 0 Å². The first-order chi connectivity index (χ1) is 13.7. The molecule has 0 unspecified atom stereocenters. The second kappa shape index (κ2) is 10.7. The van der Waals surface area contributed by atoms with Crippen molar-refractivity contribution in [3.63, 3.8) is 0 Å². The molecule has 160 valence electrons. The molecule has 2 aromatic carbocycles. The molecule has 0 aliphatic carbocycles. The van der Waals surface area contributed by atoms with Crippen molar-refractivity contribution in [2.45, 2.75) is 33.1 Å². The van der Waals surface area contributed by atoms with Gasteiger partial charge in [0, 0.05) is 23.1 Å². The Balaban J connectivity index is 2.19. The zero-order valence-corrected chi connectivity index (χ0v) is 19.5. The van der Waals surface area contributed by atoms with Crippen LogP contribution in [0.5, 0.6) is 11.5 Å². The number of hydrogen-bond acceptors (Lipinski definition) is 2. The highest BCUT2D eigenvalue weighted by molar-refractivity contribution is 6.37. The summed E-state index contributed by atoms with van der Waals surface area (Å²) in [5.74, 6) is 1.79. The number of benzene rings is 2. The summed E-state index contributed by atoms with van der Waals surface area (Å²) in [5.41, 5.74) is 1.73. The second-order valence-corrected chi connectivity index (χ2v) is 9.18. The molecule has 0 aromatic heterocycles. The SMILES string of the molecule is C[C@@H](CF)COc1ccc(C(C)(C)c2cc(Cl)c(OC[C@@H](C)CCl)c(Cl)c2)cc1. The molecule has 0 saturated carbocycles. The minimum atomic E-state index is -0.392. The third-order valence-corrected chi connectivity index (χ3v) is 5.96. The third-order valence-electron chi connectivity index (χ3n) is 4.87. The van der Waals surface area contributed by atoms with Gasteiger partial charge in [-0.15, -0.1) is 11.6 Å². The van der Waals surface area contributed by atoms with Crippen LogP contribution >= 0.6 is 34.8 Å². The Bertz CT molecular complexity index is 770. The molecule has 0 N–H and O–H groups in total. The largest absolute Gasteiger partial charge is 0.493 e. The van der Waals surface area contributed by atoms with E-state index >= 15 is 0 Å². The molecule has 2 aromatic rings. The number of halogens is 4. The van der Waals surface area contributed by atoms with Gasteiger partial charge in [-0.1, -0.05) is 63.0 Å². The van der Waals surface area contributed by atoms with Crippen LogP contribution in [0.3, 0.4) is 0 Å². The summed E-state index contributed by atoms with van der Waals surface area (Å²) in [5, 5.41) is 0.949. The fraction of sp³-hybridized carbons (Fsp3) is 0.478. The molecule has 0 heterocycles. The van der Waals surface area contributed by atoms with Crippen LogP contribution in [0.1, 0.15) is 38.8 Å². The summed E-state index contributed by atoms with van der Waals surface area (Å²) < 4.78 is 24.0. The van der Waals surface area contributed by atoms with E-state index in [1.54, 1.807) is 0 Å². The molecular formula is C23H28Cl3FO2. The average molecular weight is 462 g/mol. The maximum Gasteiger partial charge on any atom is 0.156 e. The zero-order valence-electron chi connectivity index (χ0n) is 17.3. The van der Waals surface area contributed by atoms with Gasteiger partial charge in [0.05, 0.1) is 29.9 Å². The fourth-order valence-electron chi connectivity index (χ4n) is 2.75. The lowest BCUT2D eigenvalue weighted by molar-refractivity contribution is 0.229. The van der Waals surface area contributed by atoms with Crippen LogP contribution in [0.25, 0.3) is 0 Å². The number of ether oxygens (including phenoxy) is 2. The van der Waals surface area contributed by atoms with Crippen LogP contribution < -0.4 is 9.47 Å². The van der Waals surface area contributed by atoms with Crippen molar-refractivity contribution >= 4 is 34.8 Å². The van der Waals surface area contributed by atoms with E-state index < -0.39 is 6.67 Å². The Morgan fingerprint density at radius 1 is 0.897 bits per heavy atom. The van der Waals surface area contributed by atoms with Gasteiger partial charge < -0.3 is 9.47 Å². The summed E-state index contributed by atoms with van der Waals surface area (Å²) in [6, 6.07) is 11.6. The Morgan fingerprint density at radius 3 is 1.97 bits per heavy atom. The molecule has 0 bridgehead atoms. The second-order valence-electron chi connectivity index (χ2n) is 8.06. The van der Waals surface area contributed by atoms with Gasteiger partial charge in [0.15, 0.2) is 5.75 Å². The maximum absolute atomic E-state index is 12.6. The molecule has 0 amide bonds. The lowest BCUT2D eigenvalue weighted by Gasteiger charge is -2.27. The first-order valence-electron chi connectivity index (χ1n) is 9.66. The normalized spacial score (nSPS) is 13.8. The van der Waals surface area contributed by atoms with Crippen LogP contribution in [0.4, 0.5) is 4.39 Å². The van der Waals surface area contributed by atoms with Gasteiger partial charge in [-0.3, -0.25) is 4.39 Å². The van der Waals surface area contributed by atoms with E-state index in [0.29, 0.717) is 34.9 Å². The smallest absolute Gasteiger partial charge is 0.156 e. The van der Waals surface area contributed by atoms with Gasteiger partial charge in [-0.05, 0) is 35.4 Å². The molecule has 0 radical (unpaired) electrons. The number of alkyl halides is 2. The molecule has 0 saturated heterocycles. The van der Waals surface area contributed by atoms with Crippen LogP contribution in [0.2, 0.25) is 10.0 Å². The Labute approximate surface area is 188 Å². The summed E-state index contributed by atoms with van der Waals surface area (Å²) >= 11 is 18.8. The summed E-state index contributed by atoms with van der Waals surface area (Å²) in [6.07, 6.45) is 0. The molecule has 0 aliphatic heterocycles. The average Bonchev–Trinajstić information content (AvgIpc) is 2.71. The van der Waals surface area contributed by atoms with E-state index in [4.69, 9.17) is 44.3 Å². The fourth-order valence-corrected chi connectivity index (χ4v) is 3.43. The predicted molar refractivity (Wildman–Crippen MR) is 121 cm³/mol.